The van der Waals surface area contributed by atoms with Gasteiger partial charge in [-0.1, -0.05) is 0 Å². The summed E-state index contributed by atoms with van der Waals surface area (Å²) in [6, 6.07) is 2.99. The zero-order chi connectivity index (χ0) is 11.9. The van der Waals surface area contributed by atoms with E-state index in [1.807, 2.05) is 0 Å². The van der Waals surface area contributed by atoms with E-state index in [-0.39, 0.29) is 11.1 Å². The average Bonchev–Trinajstić information content (AvgIpc) is 3.02. The fraction of sp³-hybridized carbons (Fsp3) is 0.500. The van der Waals surface area contributed by atoms with Crippen molar-refractivity contribution >= 4 is 5.69 Å². The molecule has 1 aromatic rings. The standard InChI is InChI=1S/C12H16F2N2/c1-16(2)10-6-8(5-9(13)11(10)14)12(7-15)3-4-12/h5-6H,3-4,7,15H2,1-2H3. The maximum absolute atomic E-state index is 13.5. The highest BCUT2D eigenvalue weighted by molar-refractivity contribution is 5.52. The van der Waals surface area contributed by atoms with Crippen LogP contribution in [0.3, 0.4) is 0 Å². The highest BCUT2D eigenvalue weighted by atomic mass is 19.2. The second-order valence-corrected chi connectivity index (χ2v) is 4.67. The molecule has 0 spiro atoms. The van der Waals surface area contributed by atoms with Gasteiger partial charge in [-0.05, 0) is 30.5 Å². The van der Waals surface area contributed by atoms with Crippen molar-refractivity contribution in [2.45, 2.75) is 18.3 Å². The molecule has 0 radical (unpaired) electrons. The zero-order valence-electron chi connectivity index (χ0n) is 9.56. The monoisotopic (exact) mass is 226 g/mol. The summed E-state index contributed by atoms with van der Waals surface area (Å²) in [7, 11) is 3.40. The van der Waals surface area contributed by atoms with Crippen LogP contribution in [0.2, 0.25) is 0 Å². The van der Waals surface area contributed by atoms with Gasteiger partial charge in [0, 0.05) is 26.1 Å². The summed E-state index contributed by atoms with van der Waals surface area (Å²) in [5.41, 5.74) is 6.68. The van der Waals surface area contributed by atoms with E-state index in [1.165, 1.54) is 6.07 Å². The number of hydrogen-bond acceptors (Lipinski definition) is 2. The van der Waals surface area contributed by atoms with Gasteiger partial charge in [0.1, 0.15) is 0 Å². The Morgan fingerprint density at radius 2 is 1.94 bits per heavy atom. The van der Waals surface area contributed by atoms with Crippen LogP contribution in [0.4, 0.5) is 14.5 Å². The first-order chi connectivity index (χ1) is 7.50. The maximum Gasteiger partial charge on any atom is 0.182 e. The molecule has 0 bridgehead atoms. The average molecular weight is 226 g/mol. The Labute approximate surface area is 94.0 Å². The van der Waals surface area contributed by atoms with Gasteiger partial charge in [0.15, 0.2) is 11.6 Å². The highest BCUT2D eigenvalue weighted by Gasteiger charge is 2.43. The Balaban J connectivity index is 2.49. The van der Waals surface area contributed by atoms with Crippen molar-refractivity contribution in [3.05, 3.63) is 29.3 Å². The van der Waals surface area contributed by atoms with E-state index < -0.39 is 11.6 Å². The summed E-state index contributed by atoms with van der Waals surface area (Å²) in [4.78, 5) is 1.58. The van der Waals surface area contributed by atoms with E-state index in [0.717, 1.165) is 18.4 Å². The number of nitrogens with two attached hydrogens (primary N) is 1. The van der Waals surface area contributed by atoms with Crippen molar-refractivity contribution < 1.29 is 8.78 Å². The number of nitrogens with zero attached hydrogens (tertiary/aromatic N) is 1. The lowest BCUT2D eigenvalue weighted by Gasteiger charge is -2.19. The molecule has 1 aliphatic carbocycles. The number of hydrogen-bond donors (Lipinski definition) is 1. The highest BCUT2D eigenvalue weighted by Crippen LogP contribution is 2.48. The van der Waals surface area contributed by atoms with Gasteiger partial charge >= 0.3 is 0 Å². The van der Waals surface area contributed by atoms with E-state index in [0.29, 0.717) is 6.54 Å². The van der Waals surface area contributed by atoms with Crippen molar-refractivity contribution in [1.82, 2.24) is 0 Å². The Bertz CT molecular complexity index is 412. The van der Waals surface area contributed by atoms with Gasteiger partial charge in [-0.2, -0.15) is 0 Å². The van der Waals surface area contributed by atoms with E-state index in [9.17, 15) is 8.78 Å². The Hall–Kier alpha value is -1.16. The molecule has 88 valence electrons. The Morgan fingerprint density at radius 1 is 1.31 bits per heavy atom. The lowest BCUT2D eigenvalue weighted by molar-refractivity contribution is 0.504. The summed E-state index contributed by atoms with van der Waals surface area (Å²) in [5, 5.41) is 0. The predicted molar refractivity (Wildman–Crippen MR) is 60.7 cm³/mol. The first-order valence-electron chi connectivity index (χ1n) is 5.37. The lowest BCUT2D eigenvalue weighted by Crippen LogP contribution is -2.21. The number of rotatable bonds is 3. The number of halogens is 2. The fourth-order valence-electron chi connectivity index (χ4n) is 1.97. The molecule has 1 aromatic carbocycles. The molecule has 2 nitrogen and oxygen atoms in total. The van der Waals surface area contributed by atoms with Crippen molar-refractivity contribution in [1.29, 1.82) is 0 Å². The molecule has 0 amide bonds. The van der Waals surface area contributed by atoms with Gasteiger partial charge in [0.2, 0.25) is 0 Å². The topological polar surface area (TPSA) is 29.3 Å². The minimum atomic E-state index is -0.791. The maximum atomic E-state index is 13.5. The van der Waals surface area contributed by atoms with E-state index >= 15 is 0 Å². The molecule has 2 rings (SSSR count). The third-order valence-electron chi connectivity index (χ3n) is 3.35. The molecule has 0 saturated heterocycles. The zero-order valence-corrected chi connectivity index (χ0v) is 9.56. The van der Waals surface area contributed by atoms with Gasteiger partial charge in [0.05, 0.1) is 5.69 Å². The summed E-state index contributed by atoms with van der Waals surface area (Å²) in [6.45, 7) is 0.491. The van der Waals surface area contributed by atoms with E-state index in [1.54, 1.807) is 25.1 Å². The molecular formula is C12H16F2N2. The van der Waals surface area contributed by atoms with Gasteiger partial charge in [-0.3, -0.25) is 0 Å². The Morgan fingerprint density at radius 3 is 2.38 bits per heavy atom. The Kier molecular flexibility index (Phi) is 2.62. The first kappa shape index (κ1) is 11.3. The van der Waals surface area contributed by atoms with Crippen LogP contribution in [0.1, 0.15) is 18.4 Å². The molecule has 0 atom stereocenters. The van der Waals surface area contributed by atoms with Gasteiger partial charge in [-0.25, -0.2) is 8.78 Å². The van der Waals surface area contributed by atoms with Crippen molar-refractivity contribution in [3.63, 3.8) is 0 Å². The lowest BCUT2D eigenvalue weighted by atomic mass is 9.95. The van der Waals surface area contributed by atoms with E-state index in [4.69, 9.17) is 5.73 Å². The first-order valence-corrected chi connectivity index (χ1v) is 5.37. The van der Waals surface area contributed by atoms with Crippen molar-refractivity contribution in [2.24, 2.45) is 5.73 Å². The van der Waals surface area contributed by atoms with Crippen LogP contribution in [0.25, 0.3) is 0 Å². The molecule has 2 N–H and O–H groups in total. The number of anilines is 1. The van der Waals surface area contributed by atoms with Crippen LogP contribution in [-0.4, -0.2) is 20.6 Å². The molecule has 0 heterocycles. The molecule has 1 aliphatic rings. The molecular weight excluding hydrogens is 210 g/mol. The minimum Gasteiger partial charge on any atom is -0.375 e. The molecule has 1 fully saturated rings. The predicted octanol–water partition coefficient (Wildman–Crippen LogP) is 2.02. The summed E-state index contributed by atoms with van der Waals surface area (Å²) in [5.74, 6) is -1.58. The molecule has 0 unspecified atom stereocenters. The van der Waals surface area contributed by atoms with Crippen LogP contribution in [-0.2, 0) is 5.41 Å². The molecule has 0 aromatic heterocycles. The third kappa shape index (κ3) is 1.67. The minimum absolute atomic E-state index is 0.112. The molecule has 0 aliphatic heterocycles. The smallest absolute Gasteiger partial charge is 0.182 e. The SMILES string of the molecule is CN(C)c1cc(C2(CN)CC2)cc(F)c1F. The molecule has 16 heavy (non-hydrogen) atoms. The van der Waals surface area contributed by atoms with Crippen LogP contribution in [0.5, 0.6) is 0 Å². The van der Waals surface area contributed by atoms with Crippen molar-refractivity contribution in [3.8, 4) is 0 Å². The van der Waals surface area contributed by atoms with Crippen LogP contribution in [0.15, 0.2) is 12.1 Å². The van der Waals surface area contributed by atoms with Gasteiger partial charge in [-0.15, -0.1) is 0 Å². The quantitative estimate of drug-likeness (QED) is 0.854. The molecule has 1 saturated carbocycles. The number of benzene rings is 1. The third-order valence-corrected chi connectivity index (χ3v) is 3.35. The summed E-state index contributed by atoms with van der Waals surface area (Å²) >= 11 is 0. The molecule has 4 heteroatoms. The van der Waals surface area contributed by atoms with E-state index in [2.05, 4.69) is 0 Å². The largest absolute Gasteiger partial charge is 0.375 e. The van der Waals surface area contributed by atoms with Gasteiger partial charge < -0.3 is 10.6 Å². The van der Waals surface area contributed by atoms with Crippen LogP contribution >= 0.6 is 0 Å². The van der Waals surface area contributed by atoms with Crippen molar-refractivity contribution in [2.75, 3.05) is 25.5 Å². The normalized spacial score (nSPS) is 17.3. The second-order valence-electron chi connectivity index (χ2n) is 4.67. The van der Waals surface area contributed by atoms with Gasteiger partial charge in [0.25, 0.3) is 0 Å². The second kappa shape index (κ2) is 3.70. The van der Waals surface area contributed by atoms with Crippen LogP contribution in [0, 0.1) is 11.6 Å². The van der Waals surface area contributed by atoms with Crippen LogP contribution < -0.4 is 10.6 Å². The fourth-order valence-corrected chi connectivity index (χ4v) is 1.97. The summed E-state index contributed by atoms with van der Waals surface area (Å²) < 4.78 is 26.9. The summed E-state index contributed by atoms with van der Waals surface area (Å²) in [6.07, 6.45) is 1.92.